The standard InChI is InChI=1S/C20H25NO4/c22-16-3-1-12(2-4-16)8-17(18(23)24)21-19(25)20-9-13-5-14(10-20)7-15(6-13)11-20/h1-4,13-15,17,22H,5-11H2,(H,21,25)(H,23,24). The number of carbonyl (C=O) groups excluding carboxylic acids is 1. The van der Waals surface area contributed by atoms with E-state index in [-0.39, 0.29) is 23.5 Å². The van der Waals surface area contributed by atoms with Gasteiger partial charge < -0.3 is 15.5 Å². The fourth-order valence-corrected chi connectivity index (χ4v) is 5.77. The number of phenolic OH excluding ortho intramolecular Hbond substituents is 1. The van der Waals surface area contributed by atoms with Crippen LogP contribution in [0.1, 0.15) is 44.1 Å². The molecule has 5 heteroatoms. The lowest BCUT2D eigenvalue weighted by Gasteiger charge is -2.55. The van der Waals surface area contributed by atoms with Gasteiger partial charge in [-0.3, -0.25) is 4.79 Å². The Morgan fingerprint density at radius 3 is 2.04 bits per heavy atom. The lowest BCUT2D eigenvalue weighted by molar-refractivity contribution is -0.151. The van der Waals surface area contributed by atoms with Crippen molar-refractivity contribution in [2.75, 3.05) is 0 Å². The van der Waals surface area contributed by atoms with E-state index in [1.165, 1.54) is 31.4 Å². The molecule has 0 saturated heterocycles. The first kappa shape index (κ1) is 16.4. The molecule has 0 heterocycles. The van der Waals surface area contributed by atoms with Gasteiger partial charge in [0.2, 0.25) is 5.91 Å². The predicted octanol–water partition coefficient (Wildman–Crippen LogP) is 2.72. The average molecular weight is 343 g/mol. The van der Waals surface area contributed by atoms with Crippen molar-refractivity contribution in [2.45, 2.75) is 51.0 Å². The van der Waals surface area contributed by atoms with Gasteiger partial charge in [-0.05, 0) is 74.0 Å². The zero-order valence-electron chi connectivity index (χ0n) is 14.3. The van der Waals surface area contributed by atoms with Crippen LogP contribution in [0, 0.1) is 23.2 Å². The van der Waals surface area contributed by atoms with Gasteiger partial charge in [-0.1, -0.05) is 12.1 Å². The Hall–Kier alpha value is -2.04. The second kappa shape index (κ2) is 6.04. The van der Waals surface area contributed by atoms with Gasteiger partial charge in [-0.25, -0.2) is 4.79 Å². The van der Waals surface area contributed by atoms with E-state index in [2.05, 4.69) is 5.32 Å². The monoisotopic (exact) mass is 343 g/mol. The highest BCUT2D eigenvalue weighted by Gasteiger charge is 2.54. The third-order valence-electron chi connectivity index (χ3n) is 6.50. The number of hydrogen-bond acceptors (Lipinski definition) is 3. The molecular formula is C20H25NO4. The number of amides is 1. The first-order valence-corrected chi connectivity index (χ1v) is 9.25. The number of rotatable bonds is 5. The van der Waals surface area contributed by atoms with Crippen LogP contribution in [-0.2, 0) is 16.0 Å². The van der Waals surface area contributed by atoms with Crippen LogP contribution in [0.5, 0.6) is 5.75 Å². The predicted molar refractivity (Wildman–Crippen MR) is 92.0 cm³/mol. The maximum Gasteiger partial charge on any atom is 0.326 e. The molecule has 5 rings (SSSR count). The number of phenols is 1. The van der Waals surface area contributed by atoms with Crippen LogP contribution in [0.2, 0.25) is 0 Å². The number of carboxylic acids is 1. The molecule has 5 nitrogen and oxygen atoms in total. The Morgan fingerprint density at radius 1 is 1.04 bits per heavy atom. The molecular weight excluding hydrogens is 318 g/mol. The van der Waals surface area contributed by atoms with Crippen molar-refractivity contribution in [3.63, 3.8) is 0 Å². The van der Waals surface area contributed by atoms with Crippen molar-refractivity contribution in [3.05, 3.63) is 29.8 Å². The van der Waals surface area contributed by atoms with Gasteiger partial charge in [-0.2, -0.15) is 0 Å². The number of benzene rings is 1. The molecule has 4 fully saturated rings. The van der Waals surface area contributed by atoms with Gasteiger partial charge in [0.05, 0.1) is 0 Å². The zero-order valence-corrected chi connectivity index (χ0v) is 14.3. The maximum atomic E-state index is 13.0. The molecule has 1 aromatic carbocycles. The highest BCUT2D eigenvalue weighted by atomic mass is 16.4. The van der Waals surface area contributed by atoms with Gasteiger partial charge in [0.25, 0.3) is 0 Å². The summed E-state index contributed by atoms with van der Waals surface area (Å²) in [6.07, 6.45) is 6.77. The van der Waals surface area contributed by atoms with Crippen LogP contribution in [0.4, 0.5) is 0 Å². The Labute approximate surface area is 147 Å². The van der Waals surface area contributed by atoms with Crippen LogP contribution in [0.3, 0.4) is 0 Å². The number of hydrogen-bond donors (Lipinski definition) is 3. The molecule has 134 valence electrons. The molecule has 3 N–H and O–H groups in total. The molecule has 1 unspecified atom stereocenters. The summed E-state index contributed by atoms with van der Waals surface area (Å²) in [6.45, 7) is 0. The number of carbonyl (C=O) groups is 2. The molecule has 4 aliphatic rings. The van der Waals surface area contributed by atoms with Gasteiger partial charge >= 0.3 is 5.97 Å². The Balaban J connectivity index is 1.47. The summed E-state index contributed by atoms with van der Waals surface area (Å²) < 4.78 is 0. The smallest absolute Gasteiger partial charge is 0.326 e. The number of aromatic hydroxyl groups is 1. The topological polar surface area (TPSA) is 86.6 Å². The summed E-state index contributed by atoms with van der Waals surface area (Å²) >= 11 is 0. The normalized spacial score (nSPS) is 33.8. The second-order valence-corrected chi connectivity index (χ2v) is 8.43. The van der Waals surface area contributed by atoms with Crippen molar-refractivity contribution in [3.8, 4) is 5.75 Å². The lowest BCUT2D eigenvalue weighted by Crippen LogP contribution is -2.56. The van der Waals surface area contributed by atoms with Crippen LogP contribution >= 0.6 is 0 Å². The quantitative estimate of drug-likeness (QED) is 0.767. The minimum Gasteiger partial charge on any atom is -0.508 e. The van der Waals surface area contributed by atoms with Crippen molar-refractivity contribution in [2.24, 2.45) is 23.2 Å². The fourth-order valence-electron chi connectivity index (χ4n) is 5.77. The number of nitrogens with one attached hydrogen (secondary N) is 1. The first-order valence-electron chi connectivity index (χ1n) is 9.25. The summed E-state index contributed by atoms with van der Waals surface area (Å²) in [7, 11) is 0. The maximum absolute atomic E-state index is 13.0. The molecule has 25 heavy (non-hydrogen) atoms. The molecule has 4 saturated carbocycles. The highest BCUT2D eigenvalue weighted by molar-refractivity contribution is 5.88. The van der Waals surface area contributed by atoms with E-state index in [0.717, 1.165) is 24.8 Å². The van der Waals surface area contributed by atoms with E-state index in [0.29, 0.717) is 17.8 Å². The molecule has 1 amide bonds. The molecule has 4 aliphatic carbocycles. The molecule has 0 aliphatic heterocycles. The Bertz CT molecular complexity index is 646. The number of aliphatic carboxylic acids is 1. The molecule has 4 bridgehead atoms. The van der Waals surface area contributed by atoms with Crippen LogP contribution < -0.4 is 5.32 Å². The van der Waals surface area contributed by atoms with E-state index < -0.39 is 12.0 Å². The minimum absolute atomic E-state index is 0.0576. The Morgan fingerprint density at radius 2 is 1.56 bits per heavy atom. The fraction of sp³-hybridized carbons (Fsp3) is 0.600. The van der Waals surface area contributed by atoms with Crippen molar-refractivity contribution < 1.29 is 19.8 Å². The largest absolute Gasteiger partial charge is 0.508 e. The minimum atomic E-state index is -1.01. The Kier molecular flexibility index (Phi) is 3.97. The summed E-state index contributed by atoms with van der Waals surface area (Å²) in [5.41, 5.74) is 0.452. The number of carboxylic acid groups (broad SMARTS) is 1. The lowest BCUT2D eigenvalue weighted by atomic mass is 9.49. The summed E-state index contributed by atoms with van der Waals surface area (Å²) in [5.74, 6) is 1.03. The van der Waals surface area contributed by atoms with Gasteiger partial charge in [0.1, 0.15) is 11.8 Å². The van der Waals surface area contributed by atoms with E-state index in [1.54, 1.807) is 12.1 Å². The summed E-state index contributed by atoms with van der Waals surface area (Å²) in [6, 6.07) is 5.54. The summed E-state index contributed by atoms with van der Waals surface area (Å²) in [4.78, 5) is 24.7. The molecule has 1 aromatic rings. The third-order valence-corrected chi connectivity index (χ3v) is 6.50. The van der Waals surface area contributed by atoms with Crippen molar-refractivity contribution >= 4 is 11.9 Å². The van der Waals surface area contributed by atoms with Crippen LogP contribution in [-0.4, -0.2) is 28.1 Å². The SMILES string of the molecule is O=C(O)C(Cc1ccc(O)cc1)NC(=O)C12CC3CC(CC(C3)C1)C2. The van der Waals surface area contributed by atoms with E-state index in [9.17, 15) is 19.8 Å². The highest BCUT2D eigenvalue weighted by Crippen LogP contribution is 2.60. The van der Waals surface area contributed by atoms with Gasteiger partial charge in [0.15, 0.2) is 0 Å². The average Bonchev–Trinajstić information content (AvgIpc) is 2.54. The van der Waals surface area contributed by atoms with Crippen LogP contribution in [0.25, 0.3) is 0 Å². The first-order chi connectivity index (χ1) is 11.9. The molecule has 1 atom stereocenters. The second-order valence-electron chi connectivity index (χ2n) is 8.43. The summed E-state index contributed by atoms with van der Waals surface area (Å²) in [5, 5.41) is 21.7. The molecule has 0 aromatic heterocycles. The third kappa shape index (κ3) is 3.12. The van der Waals surface area contributed by atoms with E-state index in [1.807, 2.05) is 0 Å². The molecule has 0 radical (unpaired) electrons. The van der Waals surface area contributed by atoms with E-state index >= 15 is 0 Å². The van der Waals surface area contributed by atoms with E-state index in [4.69, 9.17) is 0 Å². The molecule has 0 spiro atoms. The van der Waals surface area contributed by atoms with Gasteiger partial charge in [0, 0.05) is 11.8 Å². The van der Waals surface area contributed by atoms with Crippen molar-refractivity contribution in [1.82, 2.24) is 5.32 Å². The van der Waals surface area contributed by atoms with Crippen LogP contribution in [0.15, 0.2) is 24.3 Å². The zero-order chi connectivity index (χ0) is 17.6. The van der Waals surface area contributed by atoms with Gasteiger partial charge in [-0.15, -0.1) is 0 Å². The van der Waals surface area contributed by atoms with Crippen molar-refractivity contribution in [1.29, 1.82) is 0 Å².